The molecule has 0 N–H and O–H groups in total. The molecular formula is C35H56NO3+. The number of esters is 1. The first-order chi connectivity index (χ1) is 18.9. The molecule has 0 aliphatic heterocycles. The maximum absolute atomic E-state index is 12.2. The van der Waals surface area contributed by atoms with E-state index in [4.69, 9.17) is 9.47 Å². The standard InChI is InChI=1S/C35H56NO3/c1-5-6-7-8-9-10-11-12-14-19-32-23-25-34(26-24-32)39-31(2)27-29-38-35(37)22-17-18-28-36(3,4)30-33-20-15-13-16-21-33/h13,15-16,20-21,23-26,31H,5-12,14,17-19,22,27-30H2,1-4H3/q+1. The Balaban J connectivity index is 1.49. The van der Waals surface area contributed by atoms with E-state index in [9.17, 15) is 4.79 Å². The molecule has 2 aromatic carbocycles. The molecule has 1 atom stereocenters. The summed E-state index contributed by atoms with van der Waals surface area (Å²) in [6.45, 7) is 6.77. The number of benzene rings is 2. The van der Waals surface area contributed by atoms with E-state index in [1.54, 1.807) is 0 Å². The van der Waals surface area contributed by atoms with Gasteiger partial charge in [0, 0.05) is 18.4 Å². The topological polar surface area (TPSA) is 35.5 Å². The number of hydrogen-bond acceptors (Lipinski definition) is 3. The Kier molecular flexibility index (Phi) is 16.6. The van der Waals surface area contributed by atoms with Crippen LogP contribution in [0.4, 0.5) is 0 Å². The first kappa shape index (κ1) is 32.9. The largest absolute Gasteiger partial charge is 0.491 e. The fraction of sp³-hybridized carbons (Fsp3) is 0.629. The molecule has 218 valence electrons. The highest BCUT2D eigenvalue weighted by molar-refractivity contribution is 5.69. The molecule has 2 aromatic rings. The molecule has 0 heterocycles. The van der Waals surface area contributed by atoms with Gasteiger partial charge in [-0.3, -0.25) is 4.79 Å². The maximum atomic E-state index is 12.2. The molecular weight excluding hydrogens is 482 g/mol. The quantitative estimate of drug-likeness (QED) is 0.0853. The van der Waals surface area contributed by atoms with Gasteiger partial charge in [0.25, 0.3) is 0 Å². The Morgan fingerprint density at radius 3 is 2.08 bits per heavy atom. The van der Waals surface area contributed by atoms with Crippen molar-refractivity contribution in [2.45, 2.75) is 116 Å². The Morgan fingerprint density at radius 1 is 0.769 bits per heavy atom. The van der Waals surface area contributed by atoms with Crippen LogP contribution < -0.4 is 4.74 Å². The van der Waals surface area contributed by atoms with Crippen LogP contribution in [0.2, 0.25) is 0 Å². The molecule has 1 unspecified atom stereocenters. The summed E-state index contributed by atoms with van der Waals surface area (Å²) < 4.78 is 12.4. The molecule has 0 saturated heterocycles. The zero-order valence-corrected chi connectivity index (χ0v) is 25.5. The Labute approximate surface area is 239 Å². The lowest BCUT2D eigenvalue weighted by atomic mass is 10.0. The minimum atomic E-state index is -0.101. The molecule has 0 bridgehead atoms. The highest BCUT2D eigenvalue weighted by Gasteiger charge is 2.16. The van der Waals surface area contributed by atoms with E-state index in [-0.39, 0.29) is 12.1 Å². The lowest BCUT2D eigenvalue weighted by Crippen LogP contribution is -2.39. The number of ether oxygens (including phenoxy) is 2. The zero-order chi connectivity index (χ0) is 28.2. The molecule has 0 amide bonds. The Hall–Kier alpha value is -2.33. The van der Waals surface area contributed by atoms with Gasteiger partial charge in [0.2, 0.25) is 0 Å². The van der Waals surface area contributed by atoms with Crippen molar-refractivity contribution in [1.82, 2.24) is 0 Å². The van der Waals surface area contributed by atoms with E-state index in [1.807, 2.05) is 6.92 Å². The zero-order valence-electron chi connectivity index (χ0n) is 25.5. The summed E-state index contributed by atoms with van der Waals surface area (Å²) in [6, 6.07) is 19.1. The summed E-state index contributed by atoms with van der Waals surface area (Å²) in [5, 5.41) is 0. The van der Waals surface area contributed by atoms with Gasteiger partial charge < -0.3 is 14.0 Å². The summed E-state index contributed by atoms with van der Waals surface area (Å²) in [7, 11) is 4.50. The monoisotopic (exact) mass is 538 g/mol. The highest BCUT2D eigenvalue weighted by Crippen LogP contribution is 2.18. The normalized spacial score (nSPS) is 12.3. The number of quaternary nitrogens is 1. The number of carbonyl (C=O) groups excluding carboxylic acids is 1. The van der Waals surface area contributed by atoms with Crippen molar-refractivity contribution in [2.24, 2.45) is 0 Å². The second kappa shape index (κ2) is 19.7. The van der Waals surface area contributed by atoms with Crippen LogP contribution in [0.1, 0.15) is 108 Å². The molecule has 0 radical (unpaired) electrons. The predicted octanol–water partition coefficient (Wildman–Crippen LogP) is 8.91. The summed E-state index contributed by atoms with van der Waals surface area (Å²) in [4.78, 5) is 12.2. The number of unbranched alkanes of at least 4 members (excludes halogenated alkanes) is 9. The van der Waals surface area contributed by atoms with Crippen LogP contribution >= 0.6 is 0 Å². The molecule has 4 heteroatoms. The lowest BCUT2D eigenvalue weighted by molar-refractivity contribution is -0.903. The second-order valence-corrected chi connectivity index (χ2v) is 11.9. The molecule has 0 aromatic heterocycles. The van der Waals surface area contributed by atoms with Gasteiger partial charge in [-0.15, -0.1) is 0 Å². The Bertz CT molecular complexity index is 879. The number of aryl methyl sites for hydroxylation is 1. The molecule has 2 rings (SSSR count). The second-order valence-electron chi connectivity index (χ2n) is 11.9. The number of hydrogen-bond donors (Lipinski definition) is 0. The molecule has 39 heavy (non-hydrogen) atoms. The molecule has 0 spiro atoms. The fourth-order valence-corrected chi connectivity index (χ4v) is 5.04. The Morgan fingerprint density at radius 2 is 1.41 bits per heavy atom. The third-order valence-corrected chi connectivity index (χ3v) is 7.46. The number of nitrogens with zero attached hydrogens (tertiary/aromatic N) is 1. The van der Waals surface area contributed by atoms with Crippen molar-refractivity contribution in [1.29, 1.82) is 0 Å². The van der Waals surface area contributed by atoms with Crippen LogP contribution in [0.5, 0.6) is 5.75 Å². The van der Waals surface area contributed by atoms with E-state index < -0.39 is 0 Å². The molecule has 4 nitrogen and oxygen atoms in total. The lowest BCUT2D eigenvalue weighted by Gasteiger charge is -2.30. The smallest absolute Gasteiger partial charge is 0.305 e. The third kappa shape index (κ3) is 16.4. The minimum Gasteiger partial charge on any atom is -0.491 e. The average Bonchev–Trinajstić information content (AvgIpc) is 2.91. The van der Waals surface area contributed by atoms with E-state index in [2.05, 4.69) is 75.6 Å². The van der Waals surface area contributed by atoms with Crippen molar-refractivity contribution in [3.05, 3.63) is 65.7 Å². The fourth-order valence-electron chi connectivity index (χ4n) is 5.04. The number of rotatable bonds is 22. The molecule has 0 aliphatic rings. The van der Waals surface area contributed by atoms with Crippen LogP contribution in [0.3, 0.4) is 0 Å². The van der Waals surface area contributed by atoms with Crippen LogP contribution in [-0.2, 0) is 22.5 Å². The predicted molar refractivity (Wildman–Crippen MR) is 164 cm³/mol. The van der Waals surface area contributed by atoms with Gasteiger partial charge in [-0.2, -0.15) is 0 Å². The SMILES string of the molecule is CCCCCCCCCCCc1ccc(OC(C)CCOC(=O)CCCC[N+](C)(C)Cc2ccccc2)cc1. The summed E-state index contributed by atoms with van der Waals surface area (Å²) >= 11 is 0. The van der Waals surface area contributed by atoms with Crippen molar-refractivity contribution >= 4 is 5.97 Å². The van der Waals surface area contributed by atoms with E-state index in [0.29, 0.717) is 19.4 Å². The van der Waals surface area contributed by atoms with E-state index in [0.717, 1.165) is 42.6 Å². The van der Waals surface area contributed by atoms with Gasteiger partial charge in [-0.25, -0.2) is 0 Å². The maximum Gasteiger partial charge on any atom is 0.305 e. The molecule has 0 saturated carbocycles. The van der Waals surface area contributed by atoms with E-state index in [1.165, 1.54) is 68.9 Å². The molecule has 0 fully saturated rings. The highest BCUT2D eigenvalue weighted by atomic mass is 16.5. The van der Waals surface area contributed by atoms with Crippen molar-refractivity contribution in [2.75, 3.05) is 27.2 Å². The van der Waals surface area contributed by atoms with Crippen molar-refractivity contribution < 1.29 is 18.8 Å². The van der Waals surface area contributed by atoms with Gasteiger partial charge in [-0.05, 0) is 50.3 Å². The molecule has 0 aliphatic carbocycles. The van der Waals surface area contributed by atoms with Crippen LogP contribution in [-0.4, -0.2) is 43.8 Å². The van der Waals surface area contributed by atoms with E-state index >= 15 is 0 Å². The van der Waals surface area contributed by atoms with Gasteiger partial charge in [0.15, 0.2) is 0 Å². The number of carbonyl (C=O) groups is 1. The van der Waals surface area contributed by atoms with Crippen LogP contribution in [0.15, 0.2) is 54.6 Å². The van der Waals surface area contributed by atoms with Crippen molar-refractivity contribution in [3.63, 3.8) is 0 Å². The third-order valence-electron chi connectivity index (χ3n) is 7.46. The van der Waals surface area contributed by atoms with Gasteiger partial charge >= 0.3 is 5.97 Å². The van der Waals surface area contributed by atoms with Crippen molar-refractivity contribution in [3.8, 4) is 5.75 Å². The van der Waals surface area contributed by atoms with Crippen LogP contribution in [0.25, 0.3) is 0 Å². The summed E-state index contributed by atoms with van der Waals surface area (Å²) in [5.41, 5.74) is 2.73. The summed E-state index contributed by atoms with van der Waals surface area (Å²) in [6.07, 6.45) is 16.5. The van der Waals surface area contributed by atoms with Crippen LogP contribution in [0, 0.1) is 0 Å². The minimum absolute atomic E-state index is 0.0112. The average molecular weight is 539 g/mol. The van der Waals surface area contributed by atoms with Gasteiger partial charge in [0.05, 0.1) is 33.4 Å². The van der Waals surface area contributed by atoms with Gasteiger partial charge in [0.1, 0.15) is 12.3 Å². The first-order valence-corrected chi connectivity index (χ1v) is 15.6. The first-order valence-electron chi connectivity index (χ1n) is 15.6. The summed E-state index contributed by atoms with van der Waals surface area (Å²) in [5.74, 6) is 0.789. The van der Waals surface area contributed by atoms with Gasteiger partial charge in [-0.1, -0.05) is 101 Å².